The predicted molar refractivity (Wildman–Crippen MR) is 344 cm³/mol. The van der Waals surface area contributed by atoms with Gasteiger partial charge in [-0.25, -0.2) is 0 Å². The summed E-state index contributed by atoms with van der Waals surface area (Å²) in [5.41, 5.74) is 10.6. The Hall–Kier alpha value is -7.59. The fourth-order valence-corrected chi connectivity index (χ4v) is 14.2. The molecule has 0 bridgehead atoms. The second-order valence-electron chi connectivity index (χ2n) is 19.2. The van der Waals surface area contributed by atoms with Crippen LogP contribution in [0.3, 0.4) is 0 Å². The van der Waals surface area contributed by atoms with E-state index in [4.69, 9.17) is 10.2 Å². The maximum Gasteiger partial charge on any atom is 0.0830 e. The molecule has 400 valence electrons. The van der Waals surface area contributed by atoms with E-state index >= 15 is 0 Å². The Morgan fingerprint density at radius 1 is 0.383 bits per heavy atom. The molecule has 2 aliphatic heterocycles. The van der Waals surface area contributed by atoms with Gasteiger partial charge in [0.1, 0.15) is 0 Å². The van der Waals surface area contributed by atoms with E-state index in [1.54, 1.807) is 58.8 Å². The predicted octanol–water partition coefficient (Wildman–Crippen LogP) is 17.7. The lowest BCUT2D eigenvalue weighted by molar-refractivity contribution is 0.204. The van der Waals surface area contributed by atoms with Gasteiger partial charge in [-0.2, -0.15) is 10.2 Å². The Bertz CT molecular complexity index is 3520. The van der Waals surface area contributed by atoms with Crippen LogP contribution in [0.4, 0.5) is 45.5 Å². The molecule has 12 rings (SSSR count). The summed E-state index contributed by atoms with van der Waals surface area (Å²) in [6, 6.07) is 88.1. The van der Waals surface area contributed by atoms with E-state index in [0.29, 0.717) is 24.6 Å². The normalized spacial score (nSPS) is 13.3. The van der Waals surface area contributed by atoms with Crippen LogP contribution in [0.1, 0.15) is 11.1 Å². The fraction of sp³-hybridized carbons (Fsp3) is 0.0882. The smallest absolute Gasteiger partial charge is 0.0830 e. The van der Waals surface area contributed by atoms with Crippen LogP contribution in [0.2, 0.25) is 0 Å². The van der Waals surface area contributed by atoms with Gasteiger partial charge in [-0.05, 0) is 157 Å². The minimum absolute atomic E-state index is 0.339. The van der Waals surface area contributed by atoms with Crippen molar-refractivity contribution in [3.8, 4) is 0 Å². The Kier molecular flexibility index (Phi) is 17.3. The molecular weight excluding hydrogens is 1090 g/mol. The van der Waals surface area contributed by atoms with Gasteiger partial charge in [-0.15, -0.1) is 23.5 Å². The van der Waals surface area contributed by atoms with Crippen molar-refractivity contribution >= 4 is 117 Å². The number of benzene rings is 10. The number of hydrogen-bond donors (Lipinski definition) is 2. The van der Waals surface area contributed by atoms with Gasteiger partial charge < -0.3 is 20.0 Å². The third kappa shape index (κ3) is 13.3. The molecule has 8 nitrogen and oxygen atoms in total. The van der Waals surface area contributed by atoms with Crippen molar-refractivity contribution in [3.63, 3.8) is 0 Å². The van der Waals surface area contributed by atoms with Crippen molar-refractivity contribution in [2.24, 2.45) is 10.2 Å². The first-order valence-corrected chi connectivity index (χ1v) is 31.1. The molecule has 10 aromatic carbocycles. The van der Waals surface area contributed by atoms with Crippen molar-refractivity contribution in [2.45, 2.75) is 51.4 Å². The zero-order valence-electron chi connectivity index (χ0n) is 44.0. The number of thioether (sulfide) groups is 2. The Balaban J connectivity index is 0.632. The van der Waals surface area contributed by atoms with Crippen LogP contribution in [-0.4, -0.2) is 59.4 Å². The summed E-state index contributed by atoms with van der Waals surface area (Å²) in [6.45, 7) is 0.679. The van der Waals surface area contributed by atoms with Gasteiger partial charge in [-0.1, -0.05) is 144 Å². The van der Waals surface area contributed by atoms with E-state index in [1.807, 2.05) is 95.2 Å². The lowest BCUT2D eigenvalue weighted by atomic mass is 10.1. The highest BCUT2D eigenvalue weighted by Gasteiger charge is 2.27. The topological polar surface area (TPSA) is 78.1 Å². The average Bonchev–Trinajstić information content (AvgIpc) is 3.55. The SMILES string of the molecule is OC(CSc1ccc(Sc2ccc(SCC(O)CN(N=Cc3ccc4c(c3)Sc3ccccc3N4c3ccccc3)c3ccccc3)cc2)cc1)CN(N=Cc1ccc2c(c1)Sc1ccccc1N2c1ccccc1)c1ccccc1. The minimum Gasteiger partial charge on any atom is -0.390 e. The zero-order valence-corrected chi connectivity index (χ0v) is 48.1. The highest BCUT2D eigenvalue weighted by molar-refractivity contribution is 8.00. The van der Waals surface area contributed by atoms with Crippen molar-refractivity contribution in [1.82, 2.24) is 0 Å². The van der Waals surface area contributed by atoms with Gasteiger partial charge in [0.15, 0.2) is 0 Å². The largest absolute Gasteiger partial charge is 0.390 e. The van der Waals surface area contributed by atoms with Crippen LogP contribution in [0, 0.1) is 0 Å². The summed E-state index contributed by atoms with van der Waals surface area (Å²) in [7, 11) is 0. The standard InChI is InChI=1S/C68H56N6O2S5/c75-55(45-71(51-17-5-1-6-18-51)69-43-49-29-39-63-67(41-49)80-65-27-15-13-25-61(65)73(63)53-21-9-3-10-22-53)47-77-57-31-35-59(36-32-57)79-60-37-33-58(34-38-60)78-48-56(76)46-72(52-19-7-2-8-20-52)70-44-50-30-40-64-68(42-50)81-66-28-16-14-26-62(66)74(64)54-23-11-4-12-24-54/h1-44,55-56,75-76H,45-48H2. The number of anilines is 8. The molecule has 0 saturated heterocycles. The Morgan fingerprint density at radius 2 is 0.728 bits per heavy atom. The first-order chi connectivity index (χ1) is 39.9. The van der Waals surface area contributed by atoms with Gasteiger partial charge in [0, 0.05) is 62.0 Å². The van der Waals surface area contributed by atoms with Crippen LogP contribution < -0.4 is 19.8 Å². The number of rotatable bonds is 20. The number of hydrogen-bond acceptors (Lipinski definition) is 13. The second kappa shape index (κ2) is 25.9. The minimum atomic E-state index is -0.636. The highest BCUT2D eigenvalue weighted by Crippen LogP contribution is 2.53. The maximum atomic E-state index is 11.4. The molecule has 2 heterocycles. The molecule has 81 heavy (non-hydrogen) atoms. The molecule has 2 aliphatic rings. The number of fused-ring (bicyclic) bond motifs is 4. The molecule has 0 radical (unpaired) electrons. The number of para-hydroxylation sites is 6. The lowest BCUT2D eigenvalue weighted by Crippen LogP contribution is -2.30. The van der Waals surface area contributed by atoms with Crippen molar-refractivity contribution in [1.29, 1.82) is 0 Å². The van der Waals surface area contributed by atoms with Crippen LogP contribution in [0.15, 0.2) is 304 Å². The summed E-state index contributed by atoms with van der Waals surface area (Å²) in [4.78, 5) is 13.8. The molecular formula is C68H56N6O2S5. The van der Waals surface area contributed by atoms with Gasteiger partial charge in [-0.3, -0.25) is 10.0 Å². The Labute approximate surface area is 495 Å². The molecule has 0 aliphatic carbocycles. The zero-order chi connectivity index (χ0) is 54.7. The number of nitrogens with zero attached hydrogens (tertiary/aromatic N) is 6. The van der Waals surface area contributed by atoms with Gasteiger partial charge in [0.2, 0.25) is 0 Å². The number of hydrazone groups is 2. The van der Waals surface area contributed by atoms with Crippen LogP contribution in [0.25, 0.3) is 0 Å². The van der Waals surface area contributed by atoms with Gasteiger partial charge in [0.25, 0.3) is 0 Å². The third-order valence-corrected chi connectivity index (χ3v) is 19.0. The highest BCUT2D eigenvalue weighted by atomic mass is 32.2. The first kappa shape index (κ1) is 54.0. The summed E-state index contributed by atoms with van der Waals surface area (Å²) in [6.07, 6.45) is 2.51. The number of aliphatic hydroxyl groups excluding tert-OH is 2. The van der Waals surface area contributed by atoms with Gasteiger partial charge >= 0.3 is 0 Å². The summed E-state index contributed by atoms with van der Waals surface area (Å²) in [5, 5.41) is 36.5. The van der Waals surface area contributed by atoms with Crippen LogP contribution in [0.5, 0.6) is 0 Å². The molecule has 0 spiro atoms. The first-order valence-electron chi connectivity index (χ1n) is 26.7. The quantitative estimate of drug-likeness (QED) is 0.0435. The monoisotopic (exact) mass is 1150 g/mol. The molecule has 0 aromatic heterocycles. The van der Waals surface area contributed by atoms with E-state index < -0.39 is 12.2 Å². The summed E-state index contributed by atoms with van der Waals surface area (Å²) < 4.78 is 0. The molecule has 2 unspecified atom stereocenters. The van der Waals surface area contributed by atoms with Crippen molar-refractivity contribution in [3.05, 3.63) is 266 Å². The Morgan fingerprint density at radius 3 is 1.14 bits per heavy atom. The molecule has 2 atom stereocenters. The van der Waals surface area contributed by atoms with E-state index in [0.717, 1.165) is 74.6 Å². The van der Waals surface area contributed by atoms with Gasteiger partial charge in [0.05, 0.1) is 71.9 Å². The fourth-order valence-electron chi connectivity index (χ4n) is 9.56. The maximum absolute atomic E-state index is 11.4. The molecule has 10 aromatic rings. The molecule has 0 saturated carbocycles. The second-order valence-corrected chi connectivity index (χ2v) is 24.7. The third-order valence-electron chi connectivity index (χ3n) is 13.5. The number of aliphatic hydroxyl groups is 2. The molecule has 13 heteroatoms. The van der Waals surface area contributed by atoms with E-state index in [2.05, 4.69) is 192 Å². The molecule has 0 fully saturated rings. The van der Waals surface area contributed by atoms with Crippen molar-refractivity contribution < 1.29 is 10.2 Å². The lowest BCUT2D eigenvalue weighted by Gasteiger charge is -2.33. The molecule has 0 amide bonds. The van der Waals surface area contributed by atoms with E-state index in [1.165, 1.54) is 21.2 Å². The van der Waals surface area contributed by atoms with Crippen LogP contribution in [-0.2, 0) is 0 Å². The van der Waals surface area contributed by atoms with E-state index in [-0.39, 0.29) is 0 Å². The molecule has 2 N–H and O–H groups in total. The van der Waals surface area contributed by atoms with Crippen molar-refractivity contribution in [2.75, 3.05) is 44.4 Å². The van der Waals surface area contributed by atoms with Crippen LogP contribution >= 0.6 is 58.8 Å². The average molecular weight is 1150 g/mol. The van der Waals surface area contributed by atoms with E-state index in [9.17, 15) is 10.2 Å². The summed E-state index contributed by atoms with van der Waals surface area (Å²) in [5.74, 6) is 1.03. The summed E-state index contributed by atoms with van der Waals surface area (Å²) >= 11 is 8.53.